The molecule has 3 N–H and O–H groups in total. The van der Waals surface area contributed by atoms with Crippen LogP contribution in [0.2, 0.25) is 0 Å². The molecule has 8 nitrogen and oxygen atoms in total. The summed E-state index contributed by atoms with van der Waals surface area (Å²) in [6.45, 7) is 4.74. The number of nitrogens with one attached hydrogen (secondary N) is 1. The van der Waals surface area contributed by atoms with Gasteiger partial charge in [0.15, 0.2) is 0 Å². The first kappa shape index (κ1) is 53.7. The molecule has 9 heteroatoms. The van der Waals surface area contributed by atoms with Crippen molar-refractivity contribution < 1.29 is 32.9 Å². The van der Waals surface area contributed by atoms with E-state index in [1.807, 2.05) is 27.2 Å². The first-order valence-corrected chi connectivity index (χ1v) is 24.4. The zero-order chi connectivity index (χ0) is 40.7. The van der Waals surface area contributed by atoms with E-state index in [0.29, 0.717) is 17.4 Å². The minimum Gasteiger partial charge on any atom is -0.387 e. The molecule has 0 aliphatic carbocycles. The van der Waals surface area contributed by atoms with Crippen molar-refractivity contribution in [3.8, 4) is 0 Å². The number of aliphatic hydroxyl groups is 1. The largest absolute Gasteiger partial charge is 0.472 e. The summed E-state index contributed by atoms with van der Waals surface area (Å²) in [7, 11) is 1.55. The molecule has 3 atom stereocenters. The van der Waals surface area contributed by atoms with E-state index in [9.17, 15) is 19.4 Å². The second kappa shape index (κ2) is 38.2. The number of rotatable bonds is 41. The van der Waals surface area contributed by atoms with Gasteiger partial charge >= 0.3 is 7.82 Å². The molecule has 0 radical (unpaired) electrons. The molecule has 0 aliphatic heterocycles. The fraction of sp³-hybridized carbons (Fsp3) is 0.848. The smallest absolute Gasteiger partial charge is 0.387 e. The van der Waals surface area contributed by atoms with Crippen LogP contribution in [0.15, 0.2) is 36.5 Å². The van der Waals surface area contributed by atoms with E-state index >= 15 is 0 Å². The van der Waals surface area contributed by atoms with Gasteiger partial charge in [-0.05, 0) is 51.4 Å². The highest BCUT2D eigenvalue weighted by molar-refractivity contribution is 7.47. The first-order chi connectivity index (χ1) is 26.5. The highest BCUT2D eigenvalue weighted by atomic mass is 31.2. The van der Waals surface area contributed by atoms with Gasteiger partial charge in [0.25, 0.3) is 0 Å². The quantitative estimate of drug-likeness (QED) is 0.0246. The van der Waals surface area contributed by atoms with Crippen LogP contribution in [-0.2, 0) is 18.4 Å². The molecule has 0 fully saturated rings. The molecule has 0 aromatic carbocycles. The van der Waals surface area contributed by atoms with E-state index in [0.717, 1.165) is 51.4 Å². The summed E-state index contributed by atoms with van der Waals surface area (Å²) in [4.78, 5) is 23.0. The summed E-state index contributed by atoms with van der Waals surface area (Å²) in [5.74, 6) is -0.198. The predicted molar refractivity (Wildman–Crippen MR) is 235 cm³/mol. The normalized spacial score (nSPS) is 14.7. The third-order valence-corrected chi connectivity index (χ3v) is 11.1. The lowest BCUT2D eigenvalue weighted by Gasteiger charge is -2.25. The molecular weight excluding hydrogens is 707 g/mol. The van der Waals surface area contributed by atoms with Crippen LogP contribution in [0.5, 0.6) is 0 Å². The second-order valence-electron chi connectivity index (χ2n) is 16.8. The first-order valence-electron chi connectivity index (χ1n) is 22.9. The molecule has 324 valence electrons. The Morgan fingerprint density at radius 3 is 1.51 bits per heavy atom. The lowest BCUT2D eigenvalue weighted by Crippen LogP contribution is -2.45. The van der Waals surface area contributed by atoms with Crippen molar-refractivity contribution in [3.05, 3.63) is 36.5 Å². The van der Waals surface area contributed by atoms with Crippen molar-refractivity contribution in [2.24, 2.45) is 0 Å². The summed E-state index contributed by atoms with van der Waals surface area (Å²) < 4.78 is 23.5. The van der Waals surface area contributed by atoms with Crippen LogP contribution in [0.25, 0.3) is 0 Å². The Kier molecular flexibility index (Phi) is 37.4. The average molecular weight is 798 g/mol. The van der Waals surface area contributed by atoms with Gasteiger partial charge in [-0.3, -0.25) is 13.8 Å². The van der Waals surface area contributed by atoms with E-state index in [4.69, 9.17) is 9.05 Å². The van der Waals surface area contributed by atoms with Crippen LogP contribution >= 0.6 is 7.82 Å². The van der Waals surface area contributed by atoms with E-state index in [-0.39, 0.29) is 19.1 Å². The number of hydrogen-bond donors (Lipinski definition) is 3. The molecule has 0 saturated carbocycles. The fourth-order valence-corrected chi connectivity index (χ4v) is 7.13. The fourth-order valence-electron chi connectivity index (χ4n) is 6.39. The molecule has 0 bridgehead atoms. The Balaban J connectivity index is 4.38. The molecule has 0 spiro atoms. The maximum absolute atomic E-state index is 12.8. The maximum atomic E-state index is 12.8. The number of amides is 1. The standard InChI is InChI=1S/C46H89N2O6P/c1-6-8-10-12-14-16-18-19-20-21-22-23-24-25-26-27-28-30-31-33-35-37-39-45(49)44(43-54-55(51,52)53-42-41-48(3,4)5)47-46(50)40-38-36-34-32-29-17-15-13-11-9-7-2/h13,15,30-31,37,39,44-45,49H,6-12,14,16-29,32-36,38,40-43H2,1-5H3,(H-,47,50,51,52)/p+1/b15-13-,31-30+,39-37+. The Labute approximate surface area is 340 Å². The minimum atomic E-state index is -4.34. The highest BCUT2D eigenvalue weighted by Crippen LogP contribution is 2.43. The maximum Gasteiger partial charge on any atom is 0.472 e. The van der Waals surface area contributed by atoms with Crippen LogP contribution in [0, 0.1) is 0 Å². The van der Waals surface area contributed by atoms with Crippen LogP contribution < -0.4 is 5.32 Å². The number of carbonyl (C=O) groups excluding carboxylic acids is 1. The van der Waals surface area contributed by atoms with E-state index < -0.39 is 20.0 Å². The predicted octanol–water partition coefficient (Wildman–Crippen LogP) is 12.7. The SMILES string of the molecule is CCCC/C=C\CCCCCCCC(=O)NC(COP(=O)(O)OCC[N+](C)(C)C)C(O)/C=C/CC/C=C/CCCCCCCCCCCCCCCCCC. The summed E-state index contributed by atoms with van der Waals surface area (Å²) in [6, 6.07) is -0.865. The number of quaternary nitrogens is 1. The molecule has 1 amide bonds. The van der Waals surface area contributed by atoms with Crippen molar-refractivity contribution in [2.45, 2.75) is 212 Å². The van der Waals surface area contributed by atoms with Gasteiger partial charge in [0.2, 0.25) is 5.91 Å². The molecule has 0 heterocycles. The van der Waals surface area contributed by atoms with E-state index in [2.05, 4.69) is 43.5 Å². The zero-order valence-corrected chi connectivity index (χ0v) is 37.6. The number of aliphatic hydroxyl groups excluding tert-OH is 1. The van der Waals surface area contributed by atoms with Crippen LogP contribution in [-0.4, -0.2) is 73.4 Å². The summed E-state index contributed by atoms with van der Waals surface area (Å²) in [5.41, 5.74) is 0. The van der Waals surface area contributed by atoms with Gasteiger partial charge in [0.1, 0.15) is 13.2 Å². The number of nitrogens with zero attached hydrogens (tertiary/aromatic N) is 1. The average Bonchev–Trinajstić information content (AvgIpc) is 3.13. The van der Waals surface area contributed by atoms with Crippen molar-refractivity contribution in [3.63, 3.8) is 0 Å². The van der Waals surface area contributed by atoms with Gasteiger partial charge in [0.05, 0.1) is 39.9 Å². The molecule has 0 saturated heterocycles. The Morgan fingerprint density at radius 2 is 1.02 bits per heavy atom. The third-order valence-electron chi connectivity index (χ3n) is 10.1. The number of carbonyl (C=O) groups is 1. The van der Waals surface area contributed by atoms with Crippen LogP contribution in [0.1, 0.15) is 200 Å². The number of hydrogen-bond acceptors (Lipinski definition) is 5. The Hall–Kier alpha value is -1.28. The van der Waals surface area contributed by atoms with E-state index in [1.54, 1.807) is 6.08 Å². The minimum absolute atomic E-state index is 0.0545. The zero-order valence-electron chi connectivity index (χ0n) is 36.7. The summed E-state index contributed by atoms with van der Waals surface area (Å²) in [6.07, 6.45) is 46.6. The molecule has 0 rings (SSSR count). The van der Waals surface area contributed by atoms with Gasteiger partial charge < -0.3 is 19.8 Å². The summed E-state index contributed by atoms with van der Waals surface area (Å²) >= 11 is 0. The molecule has 55 heavy (non-hydrogen) atoms. The van der Waals surface area contributed by atoms with Gasteiger partial charge in [-0.25, -0.2) is 4.57 Å². The Morgan fingerprint density at radius 1 is 0.600 bits per heavy atom. The van der Waals surface area contributed by atoms with Gasteiger partial charge in [-0.15, -0.1) is 0 Å². The number of likely N-dealkylation sites (N-methyl/N-ethyl adjacent to an activating group) is 1. The van der Waals surface area contributed by atoms with Gasteiger partial charge in [-0.1, -0.05) is 179 Å². The summed E-state index contributed by atoms with van der Waals surface area (Å²) in [5, 5.41) is 13.8. The number of phosphoric ester groups is 1. The van der Waals surface area contributed by atoms with Crippen LogP contribution in [0.4, 0.5) is 0 Å². The van der Waals surface area contributed by atoms with Crippen molar-refractivity contribution in [1.29, 1.82) is 0 Å². The number of phosphoric acid groups is 1. The molecular formula is C46H90N2O6P+. The van der Waals surface area contributed by atoms with Gasteiger partial charge in [0, 0.05) is 6.42 Å². The molecule has 0 aromatic rings. The van der Waals surface area contributed by atoms with Crippen LogP contribution in [0.3, 0.4) is 0 Å². The van der Waals surface area contributed by atoms with Crippen molar-refractivity contribution in [1.82, 2.24) is 5.32 Å². The monoisotopic (exact) mass is 798 g/mol. The second-order valence-corrected chi connectivity index (χ2v) is 18.2. The molecule has 3 unspecified atom stereocenters. The van der Waals surface area contributed by atoms with Gasteiger partial charge in [-0.2, -0.15) is 0 Å². The van der Waals surface area contributed by atoms with Crippen molar-refractivity contribution in [2.75, 3.05) is 40.9 Å². The Bertz CT molecular complexity index is 995. The lowest BCUT2D eigenvalue weighted by atomic mass is 10.0. The highest BCUT2D eigenvalue weighted by Gasteiger charge is 2.27. The topological polar surface area (TPSA) is 105 Å². The third kappa shape index (κ3) is 40.7. The van der Waals surface area contributed by atoms with E-state index in [1.165, 1.54) is 128 Å². The lowest BCUT2D eigenvalue weighted by molar-refractivity contribution is -0.870. The molecule has 0 aliphatic rings. The number of unbranched alkanes of at least 4 members (excludes halogenated alkanes) is 24. The molecule has 0 aromatic heterocycles. The van der Waals surface area contributed by atoms with Crippen molar-refractivity contribution >= 4 is 13.7 Å². The number of allylic oxidation sites excluding steroid dienone is 5.